The van der Waals surface area contributed by atoms with Gasteiger partial charge in [0.1, 0.15) is 5.75 Å². The van der Waals surface area contributed by atoms with Gasteiger partial charge in [-0.3, -0.25) is 4.79 Å². The number of rotatable bonds is 8. The molecule has 3 aromatic carbocycles. The number of carbonyl (C=O) groups is 1. The number of hydrogen-bond donors (Lipinski definition) is 1. The quantitative estimate of drug-likeness (QED) is 0.369. The van der Waals surface area contributed by atoms with E-state index in [1.54, 1.807) is 25.4 Å². The van der Waals surface area contributed by atoms with Gasteiger partial charge in [0, 0.05) is 23.4 Å². The Hall–Kier alpha value is -3.57. The van der Waals surface area contributed by atoms with Crippen molar-refractivity contribution in [3.63, 3.8) is 0 Å². The lowest BCUT2D eigenvalue weighted by atomic mass is 9.98. The van der Waals surface area contributed by atoms with Crippen molar-refractivity contribution in [2.45, 2.75) is 18.9 Å². The fraction of sp³-hybridized carbons (Fsp3) is 0.154. The Morgan fingerprint density at radius 1 is 1.00 bits per heavy atom. The molecule has 0 aliphatic heterocycles. The zero-order valence-corrected chi connectivity index (χ0v) is 18.4. The second kappa shape index (κ2) is 10.2. The van der Waals surface area contributed by atoms with E-state index in [1.807, 2.05) is 66.7 Å². The summed E-state index contributed by atoms with van der Waals surface area (Å²) in [6.45, 7) is 0. The Labute approximate surface area is 192 Å². The molecular formula is C26H23ClN2O3. The largest absolute Gasteiger partial charge is 0.497 e. The van der Waals surface area contributed by atoms with Crippen LogP contribution >= 0.6 is 11.6 Å². The van der Waals surface area contributed by atoms with Crippen molar-refractivity contribution in [2.75, 3.05) is 7.11 Å². The number of amides is 1. The maximum Gasteiger partial charge on any atom is 0.221 e. The molecule has 4 aromatic rings. The minimum absolute atomic E-state index is 0.0825. The molecule has 6 heteroatoms. The number of hydrogen-bond acceptors (Lipinski definition) is 4. The number of nitrogens with zero attached hydrogens (tertiary/aromatic N) is 1. The summed E-state index contributed by atoms with van der Waals surface area (Å²) >= 11 is 5.94. The van der Waals surface area contributed by atoms with Gasteiger partial charge in [-0.25, -0.2) is 4.98 Å². The van der Waals surface area contributed by atoms with Crippen LogP contribution in [0.25, 0.3) is 11.3 Å². The van der Waals surface area contributed by atoms with Gasteiger partial charge in [0.05, 0.1) is 19.3 Å². The summed E-state index contributed by atoms with van der Waals surface area (Å²) in [5.41, 5.74) is 2.87. The summed E-state index contributed by atoms with van der Waals surface area (Å²) in [5, 5.41) is 3.80. The fourth-order valence-electron chi connectivity index (χ4n) is 3.43. The summed E-state index contributed by atoms with van der Waals surface area (Å²) in [4.78, 5) is 17.1. The maximum atomic E-state index is 12.8. The molecule has 0 bridgehead atoms. The van der Waals surface area contributed by atoms with Gasteiger partial charge >= 0.3 is 0 Å². The van der Waals surface area contributed by atoms with Crippen LogP contribution in [0.5, 0.6) is 5.75 Å². The standard InChI is InChI=1S/C26H23ClN2O3/c1-31-22-13-9-20(10-14-22)26(19-5-3-2-4-6-19)29-24(30)15-16-25-28-17-23(32-25)18-7-11-21(27)12-8-18/h2-14,17,26H,15-16H2,1H3,(H,29,30). The molecule has 0 saturated carbocycles. The van der Waals surface area contributed by atoms with Crippen molar-refractivity contribution < 1.29 is 13.9 Å². The predicted molar refractivity (Wildman–Crippen MR) is 125 cm³/mol. The Morgan fingerprint density at radius 2 is 1.69 bits per heavy atom. The average Bonchev–Trinajstić information content (AvgIpc) is 3.31. The highest BCUT2D eigenvalue weighted by Crippen LogP contribution is 2.25. The minimum Gasteiger partial charge on any atom is -0.497 e. The van der Waals surface area contributed by atoms with E-state index in [2.05, 4.69) is 10.3 Å². The van der Waals surface area contributed by atoms with Crippen LogP contribution in [0.1, 0.15) is 29.5 Å². The van der Waals surface area contributed by atoms with Crippen molar-refractivity contribution in [3.05, 3.63) is 107 Å². The smallest absolute Gasteiger partial charge is 0.221 e. The van der Waals surface area contributed by atoms with E-state index >= 15 is 0 Å². The third-order valence-electron chi connectivity index (χ3n) is 5.14. The first kappa shape index (κ1) is 21.7. The Bertz CT molecular complexity index is 1160. The zero-order valence-electron chi connectivity index (χ0n) is 17.6. The minimum atomic E-state index is -0.260. The van der Waals surface area contributed by atoms with Crippen molar-refractivity contribution in [2.24, 2.45) is 0 Å². The highest BCUT2D eigenvalue weighted by molar-refractivity contribution is 6.30. The van der Waals surface area contributed by atoms with E-state index in [9.17, 15) is 4.79 Å². The number of benzene rings is 3. The third-order valence-corrected chi connectivity index (χ3v) is 5.39. The van der Waals surface area contributed by atoms with Crippen LogP contribution in [0.2, 0.25) is 5.02 Å². The van der Waals surface area contributed by atoms with Gasteiger partial charge in [-0.2, -0.15) is 0 Å². The number of ether oxygens (including phenoxy) is 1. The molecule has 0 aliphatic rings. The summed E-state index contributed by atoms with van der Waals surface area (Å²) < 4.78 is 11.1. The number of methoxy groups -OCH3 is 1. The summed E-state index contributed by atoms with van der Waals surface area (Å²) in [6, 6.07) is 24.7. The second-order valence-corrected chi connectivity index (χ2v) is 7.75. The molecule has 32 heavy (non-hydrogen) atoms. The number of carbonyl (C=O) groups excluding carboxylic acids is 1. The van der Waals surface area contributed by atoms with Crippen LogP contribution in [-0.4, -0.2) is 18.0 Å². The van der Waals surface area contributed by atoms with Gasteiger partial charge in [0.2, 0.25) is 5.91 Å². The molecule has 0 spiro atoms. The third kappa shape index (κ3) is 5.37. The van der Waals surface area contributed by atoms with E-state index in [4.69, 9.17) is 20.8 Å². The molecule has 0 saturated heterocycles. The van der Waals surface area contributed by atoms with Gasteiger partial charge in [-0.1, -0.05) is 54.1 Å². The van der Waals surface area contributed by atoms with Crippen molar-refractivity contribution in [1.82, 2.24) is 10.3 Å². The van der Waals surface area contributed by atoms with Gasteiger partial charge in [0.15, 0.2) is 11.7 Å². The lowest BCUT2D eigenvalue weighted by Crippen LogP contribution is -2.29. The molecule has 1 heterocycles. The van der Waals surface area contributed by atoms with Crippen LogP contribution in [0.15, 0.2) is 89.5 Å². The van der Waals surface area contributed by atoms with Crippen LogP contribution < -0.4 is 10.1 Å². The van der Waals surface area contributed by atoms with Crippen LogP contribution in [0.4, 0.5) is 0 Å². The normalized spacial score (nSPS) is 11.7. The first-order chi connectivity index (χ1) is 15.6. The van der Waals surface area contributed by atoms with E-state index in [0.29, 0.717) is 23.1 Å². The van der Waals surface area contributed by atoms with Crippen molar-refractivity contribution >= 4 is 17.5 Å². The van der Waals surface area contributed by atoms with E-state index in [1.165, 1.54) is 0 Å². The predicted octanol–water partition coefficient (Wildman–Crippen LogP) is 5.84. The Kier molecular flexibility index (Phi) is 6.87. The highest BCUT2D eigenvalue weighted by atomic mass is 35.5. The fourth-order valence-corrected chi connectivity index (χ4v) is 3.55. The number of aryl methyl sites for hydroxylation is 1. The van der Waals surface area contributed by atoms with Crippen molar-refractivity contribution in [3.8, 4) is 17.1 Å². The summed E-state index contributed by atoms with van der Waals surface area (Å²) in [7, 11) is 1.63. The van der Waals surface area contributed by atoms with Crippen molar-refractivity contribution in [1.29, 1.82) is 0 Å². The average molecular weight is 447 g/mol. The molecule has 0 radical (unpaired) electrons. The molecule has 1 unspecified atom stereocenters. The van der Waals surface area contributed by atoms with Gasteiger partial charge in [0.25, 0.3) is 0 Å². The second-order valence-electron chi connectivity index (χ2n) is 7.31. The maximum absolute atomic E-state index is 12.8. The van der Waals surface area contributed by atoms with Crippen LogP contribution in [0, 0.1) is 0 Å². The Morgan fingerprint density at radius 3 is 2.38 bits per heavy atom. The molecule has 1 aromatic heterocycles. The zero-order chi connectivity index (χ0) is 22.3. The molecule has 0 fully saturated rings. The van der Waals surface area contributed by atoms with Crippen LogP contribution in [-0.2, 0) is 11.2 Å². The molecule has 5 nitrogen and oxygen atoms in total. The summed E-state index contributed by atoms with van der Waals surface area (Å²) in [6.07, 6.45) is 2.34. The van der Waals surface area contributed by atoms with Gasteiger partial charge < -0.3 is 14.5 Å². The number of oxazole rings is 1. The molecule has 162 valence electrons. The van der Waals surface area contributed by atoms with Gasteiger partial charge in [-0.05, 0) is 47.5 Å². The topological polar surface area (TPSA) is 64.4 Å². The lowest BCUT2D eigenvalue weighted by molar-refractivity contribution is -0.121. The Balaban J connectivity index is 1.43. The van der Waals surface area contributed by atoms with E-state index in [0.717, 1.165) is 22.4 Å². The van der Waals surface area contributed by atoms with Crippen LogP contribution in [0.3, 0.4) is 0 Å². The number of aromatic nitrogens is 1. The number of halogens is 1. The van der Waals surface area contributed by atoms with E-state index in [-0.39, 0.29) is 18.4 Å². The monoisotopic (exact) mass is 446 g/mol. The first-order valence-electron chi connectivity index (χ1n) is 10.3. The first-order valence-corrected chi connectivity index (χ1v) is 10.7. The molecule has 0 aliphatic carbocycles. The molecule has 4 rings (SSSR count). The number of nitrogens with one attached hydrogen (secondary N) is 1. The summed E-state index contributed by atoms with van der Waals surface area (Å²) in [5.74, 6) is 1.86. The molecule has 1 atom stereocenters. The highest BCUT2D eigenvalue weighted by Gasteiger charge is 2.18. The molecule has 1 amide bonds. The lowest BCUT2D eigenvalue weighted by Gasteiger charge is -2.20. The van der Waals surface area contributed by atoms with Gasteiger partial charge in [-0.15, -0.1) is 0 Å². The SMILES string of the molecule is COc1ccc(C(NC(=O)CCc2ncc(-c3ccc(Cl)cc3)o2)c2ccccc2)cc1. The molecule has 1 N–H and O–H groups in total. The van der Waals surface area contributed by atoms with E-state index < -0.39 is 0 Å². The molecular weight excluding hydrogens is 424 g/mol.